The minimum atomic E-state index is 0.0201. The van der Waals surface area contributed by atoms with Gasteiger partial charge in [0.25, 0.3) is 0 Å². The molecule has 2 N–H and O–H groups in total. The molecule has 3 aromatic rings. The van der Waals surface area contributed by atoms with Crippen molar-refractivity contribution in [3.8, 4) is 11.3 Å². The summed E-state index contributed by atoms with van der Waals surface area (Å²) < 4.78 is 5.60. The van der Waals surface area contributed by atoms with Crippen LogP contribution in [0.5, 0.6) is 0 Å². The molecular weight excluding hydrogens is 373 g/mol. The van der Waals surface area contributed by atoms with E-state index in [0.29, 0.717) is 41.1 Å². The van der Waals surface area contributed by atoms with E-state index in [1.165, 1.54) is 0 Å². The largest absolute Gasteiger partial charge is 0.373 e. The predicted octanol–water partition coefficient (Wildman–Crippen LogP) is 3.16. The number of hydrogen-bond donors (Lipinski definition) is 1. The maximum Gasteiger partial charge on any atom is 0.178 e. The van der Waals surface area contributed by atoms with Crippen molar-refractivity contribution < 1.29 is 4.74 Å². The van der Waals surface area contributed by atoms with E-state index in [1.54, 1.807) is 12.3 Å². The van der Waals surface area contributed by atoms with Gasteiger partial charge in [0.15, 0.2) is 5.65 Å². The lowest BCUT2D eigenvalue weighted by molar-refractivity contribution is 0.0463. The Labute approximate surface area is 160 Å². The molecule has 1 aliphatic rings. The highest BCUT2D eigenvalue weighted by Gasteiger charge is 2.21. The zero-order valence-electron chi connectivity index (χ0n) is 13.9. The van der Waals surface area contributed by atoms with Crippen LogP contribution < -0.4 is 10.6 Å². The second kappa shape index (κ2) is 7.32. The minimum absolute atomic E-state index is 0.0201. The number of fused-ring (bicyclic) bond motifs is 1. The van der Waals surface area contributed by atoms with Crippen molar-refractivity contribution in [2.45, 2.75) is 6.10 Å². The molecule has 134 valence electrons. The van der Waals surface area contributed by atoms with Gasteiger partial charge in [0.05, 0.1) is 34.6 Å². The van der Waals surface area contributed by atoms with Crippen molar-refractivity contribution in [2.24, 2.45) is 5.73 Å². The summed E-state index contributed by atoms with van der Waals surface area (Å²) in [7, 11) is 0. The average Bonchev–Trinajstić information content (AvgIpc) is 2.69. The maximum atomic E-state index is 6.30. The number of rotatable bonds is 3. The van der Waals surface area contributed by atoms with E-state index >= 15 is 0 Å². The van der Waals surface area contributed by atoms with Crippen LogP contribution in [0.25, 0.3) is 22.4 Å². The number of ether oxygens (including phenoxy) is 1. The Balaban J connectivity index is 1.67. The van der Waals surface area contributed by atoms with Crippen LogP contribution in [-0.4, -0.2) is 47.3 Å². The van der Waals surface area contributed by atoms with E-state index in [4.69, 9.17) is 33.7 Å². The van der Waals surface area contributed by atoms with Crippen LogP contribution in [0, 0.1) is 0 Å². The lowest BCUT2D eigenvalue weighted by Crippen LogP contribution is -2.46. The third-order valence-electron chi connectivity index (χ3n) is 4.35. The van der Waals surface area contributed by atoms with E-state index < -0.39 is 0 Å². The van der Waals surface area contributed by atoms with Crippen molar-refractivity contribution in [1.82, 2.24) is 15.0 Å². The number of nitrogens with two attached hydrogens (primary N) is 1. The Hall–Kier alpha value is -1.99. The number of anilines is 1. The van der Waals surface area contributed by atoms with Gasteiger partial charge < -0.3 is 15.4 Å². The summed E-state index contributed by atoms with van der Waals surface area (Å²) in [6.07, 6.45) is 1.75. The zero-order valence-corrected chi connectivity index (χ0v) is 15.4. The first-order chi connectivity index (χ1) is 12.7. The molecular formula is C18H17Cl2N5O. The van der Waals surface area contributed by atoms with Crippen molar-refractivity contribution in [2.75, 3.05) is 31.1 Å². The van der Waals surface area contributed by atoms with Gasteiger partial charge in [-0.1, -0.05) is 35.3 Å². The Morgan fingerprint density at radius 2 is 2.08 bits per heavy atom. The van der Waals surface area contributed by atoms with Gasteiger partial charge in [0.1, 0.15) is 11.3 Å². The summed E-state index contributed by atoms with van der Waals surface area (Å²) in [6.45, 7) is 2.59. The third kappa shape index (κ3) is 3.33. The highest BCUT2D eigenvalue weighted by atomic mass is 35.5. The van der Waals surface area contributed by atoms with Gasteiger partial charge in [0, 0.05) is 25.2 Å². The first kappa shape index (κ1) is 17.4. The van der Waals surface area contributed by atoms with E-state index in [0.717, 1.165) is 23.4 Å². The summed E-state index contributed by atoms with van der Waals surface area (Å²) in [5.41, 5.74) is 8.47. The molecule has 0 bridgehead atoms. The first-order valence-electron chi connectivity index (χ1n) is 8.30. The van der Waals surface area contributed by atoms with E-state index in [9.17, 15) is 0 Å². The van der Waals surface area contributed by atoms with Crippen LogP contribution in [0.2, 0.25) is 10.0 Å². The fraction of sp³-hybridized carbons (Fsp3) is 0.278. The van der Waals surface area contributed by atoms with Gasteiger partial charge in [-0.3, -0.25) is 0 Å². The maximum absolute atomic E-state index is 6.30. The Morgan fingerprint density at radius 3 is 2.92 bits per heavy atom. The number of morpholine rings is 1. The van der Waals surface area contributed by atoms with Crippen molar-refractivity contribution in [3.63, 3.8) is 0 Å². The zero-order chi connectivity index (χ0) is 18.1. The molecule has 3 heterocycles. The molecule has 1 aliphatic heterocycles. The quantitative estimate of drug-likeness (QED) is 0.741. The van der Waals surface area contributed by atoms with Crippen LogP contribution in [0.4, 0.5) is 5.82 Å². The van der Waals surface area contributed by atoms with E-state index in [1.807, 2.05) is 24.3 Å². The highest BCUT2D eigenvalue weighted by Crippen LogP contribution is 2.33. The topological polar surface area (TPSA) is 77.2 Å². The molecule has 0 aliphatic carbocycles. The third-order valence-corrected chi connectivity index (χ3v) is 5.16. The van der Waals surface area contributed by atoms with Crippen molar-refractivity contribution in [1.29, 1.82) is 0 Å². The van der Waals surface area contributed by atoms with Gasteiger partial charge in [0.2, 0.25) is 0 Å². The summed E-state index contributed by atoms with van der Waals surface area (Å²) in [6, 6.07) is 9.24. The Kier molecular flexibility index (Phi) is 4.91. The number of halogens is 2. The van der Waals surface area contributed by atoms with Gasteiger partial charge >= 0.3 is 0 Å². The number of aromatic nitrogens is 3. The monoisotopic (exact) mass is 389 g/mol. The fourth-order valence-corrected chi connectivity index (χ4v) is 3.37. The number of benzene rings is 1. The molecule has 0 radical (unpaired) electrons. The molecule has 4 rings (SSSR count). The molecule has 1 aromatic carbocycles. The number of pyridine rings is 1. The normalized spacial score (nSPS) is 17.7. The Bertz CT molecular complexity index is 952. The van der Waals surface area contributed by atoms with Crippen LogP contribution in [0.15, 0.2) is 36.5 Å². The number of hydrogen-bond acceptors (Lipinski definition) is 6. The molecule has 1 saturated heterocycles. The molecule has 0 saturated carbocycles. The molecule has 6 nitrogen and oxygen atoms in total. The summed E-state index contributed by atoms with van der Waals surface area (Å²) in [5, 5.41) is 0.973. The Morgan fingerprint density at radius 1 is 1.19 bits per heavy atom. The molecule has 26 heavy (non-hydrogen) atoms. The van der Waals surface area contributed by atoms with Crippen LogP contribution in [0.1, 0.15) is 0 Å². The van der Waals surface area contributed by atoms with Crippen LogP contribution in [-0.2, 0) is 4.74 Å². The van der Waals surface area contributed by atoms with Gasteiger partial charge in [-0.25, -0.2) is 15.0 Å². The van der Waals surface area contributed by atoms with Crippen molar-refractivity contribution >= 4 is 40.2 Å². The van der Waals surface area contributed by atoms with E-state index in [-0.39, 0.29) is 6.10 Å². The smallest absolute Gasteiger partial charge is 0.178 e. The molecule has 8 heteroatoms. The van der Waals surface area contributed by atoms with Gasteiger partial charge in [-0.15, -0.1) is 0 Å². The van der Waals surface area contributed by atoms with Crippen LogP contribution >= 0.6 is 23.2 Å². The average molecular weight is 390 g/mol. The number of nitrogens with zero attached hydrogens (tertiary/aromatic N) is 4. The minimum Gasteiger partial charge on any atom is -0.373 e. The van der Waals surface area contributed by atoms with Gasteiger partial charge in [-0.2, -0.15) is 0 Å². The fourth-order valence-electron chi connectivity index (χ4n) is 2.97. The second-order valence-corrected chi connectivity index (χ2v) is 6.83. The SMILES string of the molecule is NCC1CN(c2cnc3nc(-c4cccc(Cl)c4Cl)ccc3n2)CCO1. The molecule has 1 unspecified atom stereocenters. The molecule has 1 fully saturated rings. The predicted molar refractivity (Wildman–Crippen MR) is 104 cm³/mol. The van der Waals surface area contributed by atoms with Gasteiger partial charge in [-0.05, 0) is 18.2 Å². The lowest BCUT2D eigenvalue weighted by Gasteiger charge is -2.32. The molecule has 0 amide bonds. The summed E-state index contributed by atoms with van der Waals surface area (Å²) >= 11 is 12.4. The second-order valence-electron chi connectivity index (χ2n) is 6.04. The standard InChI is InChI=1S/C18H17Cl2N5O/c19-13-3-1-2-12(17(13)20)14-4-5-15-18(24-14)22-9-16(23-15)25-6-7-26-11(8-21)10-25/h1-5,9,11H,6-8,10,21H2. The molecule has 2 aromatic heterocycles. The van der Waals surface area contributed by atoms with Crippen molar-refractivity contribution in [3.05, 3.63) is 46.6 Å². The molecule has 0 spiro atoms. The molecule has 1 atom stereocenters. The summed E-state index contributed by atoms with van der Waals surface area (Å²) in [4.78, 5) is 15.9. The van der Waals surface area contributed by atoms with E-state index in [2.05, 4.69) is 19.9 Å². The lowest BCUT2D eigenvalue weighted by atomic mass is 10.1. The first-order valence-corrected chi connectivity index (χ1v) is 9.06. The highest BCUT2D eigenvalue weighted by molar-refractivity contribution is 6.43. The van der Waals surface area contributed by atoms with Crippen LogP contribution in [0.3, 0.4) is 0 Å². The summed E-state index contributed by atoms with van der Waals surface area (Å²) in [5.74, 6) is 0.801.